The van der Waals surface area contributed by atoms with Gasteiger partial charge in [0, 0.05) is 14.5 Å². The van der Waals surface area contributed by atoms with Crippen molar-refractivity contribution in [2.45, 2.75) is 0 Å². The summed E-state index contributed by atoms with van der Waals surface area (Å²) in [6.45, 7) is 0. The average molecular weight is 317 g/mol. The van der Waals surface area contributed by atoms with E-state index in [4.69, 9.17) is 11.6 Å². The molecule has 0 spiro atoms. The molecule has 1 nitrogen and oxygen atoms in total. The summed E-state index contributed by atoms with van der Waals surface area (Å²) >= 11 is 7.72. The number of carbonyl (C=O) groups is 1. The lowest BCUT2D eigenvalue weighted by atomic mass is 10.1. The van der Waals surface area contributed by atoms with Crippen LogP contribution in [-0.2, 0) is 0 Å². The molecule has 0 aliphatic rings. The minimum atomic E-state index is -0.403. The van der Waals surface area contributed by atoms with Gasteiger partial charge in [-0.3, -0.25) is 4.79 Å². The second-order valence-corrected chi connectivity index (χ2v) is 4.42. The van der Waals surface area contributed by atoms with Gasteiger partial charge in [-0.05, 0) is 51.7 Å². The molecular formula is C11H6ClIO. The molecule has 0 atom stereocenters. The number of fused-ring (bicyclic) bond motifs is 1. The van der Waals surface area contributed by atoms with E-state index in [2.05, 4.69) is 22.6 Å². The first-order valence-corrected chi connectivity index (χ1v) is 5.53. The topological polar surface area (TPSA) is 17.1 Å². The lowest BCUT2D eigenvalue weighted by Crippen LogP contribution is -1.92. The number of hydrogen-bond donors (Lipinski definition) is 0. The van der Waals surface area contributed by atoms with Gasteiger partial charge >= 0.3 is 0 Å². The summed E-state index contributed by atoms with van der Waals surface area (Å²) in [7, 11) is 0. The summed E-state index contributed by atoms with van der Waals surface area (Å²) in [4.78, 5) is 11.2. The minimum absolute atomic E-state index is 0.403. The van der Waals surface area contributed by atoms with E-state index in [0.29, 0.717) is 5.56 Å². The maximum absolute atomic E-state index is 11.2. The van der Waals surface area contributed by atoms with Gasteiger partial charge in [0.2, 0.25) is 0 Å². The third-order valence-electron chi connectivity index (χ3n) is 2.07. The van der Waals surface area contributed by atoms with Gasteiger partial charge in [-0.15, -0.1) is 0 Å². The molecule has 0 heterocycles. The first-order chi connectivity index (χ1) is 6.70. The van der Waals surface area contributed by atoms with Gasteiger partial charge in [0.1, 0.15) is 0 Å². The van der Waals surface area contributed by atoms with Gasteiger partial charge in [-0.2, -0.15) is 0 Å². The van der Waals surface area contributed by atoms with Crippen LogP contribution in [0.2, 0.25) is 0 Å². The Hall–Kier alpha value is -0.610. The molecule has 0 N–H and O–H groups in total. The van der Waals surface area contributed by atoms with Gasteiger partial charge in [-0.25, -0.2) is 0 Å². The van der Waals surface area contributed by atoms with E-state index < -0.39 is 5.24 Å². The highest BCUT2D eigenvalue weighted by Crippen LogP contribution is 2.25. The molecule has 2 aromatic rings. The monoisotopic (exact) mass is 316 g/mol. The van der Waals surface area contributed by atoms with E-state index in [1.165, 1.54) is 0 Å². The number of hydrogen-bond acceptors (Lipinski definition) is 1. The Morgan fingerprint density at radius 2 is 1.79 bits per heavy atom. The third-order valence-corrected chi connectivity index (χ3v) is 3.17. The second kappa shape index (κ2) is 3.87. The maximum atomic E-state index is 11.2. The van der Waals surface area contributed by atoms with Gasteiger partial charge in [-0.1, -0.05) is 24.3 Å². The van der Waals surface area contributed by atoms with Crippen LogP contribution in [0.4, 0.5) is 0 Å². The third kappa shape index (κ3) is 1.64. The predicted molar refractivity (Wildman–Crippen MR) is 66.8 cm³/mol. The minimum Gasteiger partial charge on any atom is -0.276 e. The van der Waals surface area contributed by atoms with E-state index >= 15 is 0 Å². The number of carbonyl (C=O) groups excluding carboxylic acids is 1. The smallest absolute Gasteiger partial charge is 0.253 e. The maximum Gasteiger partial charge on any atom is 0.253 e. The van der Waals surface area contributed by atoms with Gasteiger partial charge in [0.05, 0.1) is 0 Å². The molecule has 14 heavy (non-hydrogen) atoms. The Balaban J connectivity index is 2.91. The van der Waals surface area contributed by atoms with Crippen LogP contribution >= 0.6 is 34.2 Å². The summed E-state index contributed by atoms with van der Waals surface area (Å²) in [6.07, 6.45) is 0. The van der Waals surface area contributed by atoms with Crippen LogP contribution < -0.4 is 0 Å². The summed E-state index contributed by atoms with van der Waals surface area (Å²) < 4.78 is 1.05. The van der Waals surface area contributed by atoms with Gasteiger partial charge in [0.15, 0.2) is 0 Å². The molecule has 0 aliphatic heterocycles. The summed E-state index contributed by atoms with van der Waals surface area (Å²) in [5.74, 6) is 0. The molecular weight excluding hydrogens is 310 g/mol. The van der Waals surface area contributed by atoms with Crippen molar-refractivity contribution in [2.75, 3.05) is 0 Å². The molecule has 3 heteroatoms. The van der Waals surface area contributed by atoms with Crippen LogP contribution in [0.3, 0.4) is 0 Å². The first-order valence-electron chi connectivity index (χ1n) is 4.07. The van der Waals surface area contributed by atoms with Gasteiger partial charge < -0.3 is 0 Å². The summed E-state index contributed by atoms with van der Waals surface area (Å²) in [5, 5.41) is 1.58. The average Bonchev–Trinajstić information content (AvgIpc) is 2.17. The molecule has 0 aliphatic carbocycles. The van der Waals surface area contributed by atoms with E-state index in [1.807, 2.05) is 30.3 Å². The molecule has 0 bridgehead atoms. The SMILES string of the molecule is O=C(Cl)c1cccc2cccc(I)c12. The molecule has 0 amide bonds. The Morgan fingerprint density at radius 1 is 1.14 bits per heavy atom. The first kappa shape index (κ1) is 9.93. The number of rotatable bonds is 1. The number of benzene rings is 2. The van der Waals surface area contributed by atoms with Crippen LogP contribution in [0, 0.1) is 3.57 Å². The zero-order chi connectivity index (χ0) is 10.1. The second-order valence-electron chi connectivity index (χ2n) is 2.92. The lowest BCUT2D eigenvalue weighted by Gasteiger charge is -2.03. The molecule has 70 valence electrons. The zero-order valence-electron chi connectivity index (χ0n) is 7.13. The molecule has 0 saturated carbocycles. The molecule has 0 radical (unpaired) electrons. The molecule has 0 saturated heterocycles. The Kier molecular flexibility index (Phi) is 2.74. The largest absolute Gasteiger partial charge is 0.276 e. The molecule has 2 rings (SSSR count). The Bertz CT molecular complexity index is 502. The highest BCUT2D eigenvalue weighted by atomic mass is 127. The van der Waals surface area contributed by atoms with Crippen molar-refractivity contribution in [2.24, 2.45) is 0 Å². The van der Waals surface area contributed by atoms with Crippen molar-refractivity contribution >= 4 is 50.2 Å². The lowest BCUT2D eigenvalue weighted by molar-refractivity contribution is 0.108. The van der Waals surface area contributed by atoms with E-state index in [0.717, 1.165) is 14.3 Å². The molecule has 0 fully saturated rings. The predicted octanol–water partition coefficient (Wildman–Crippen LogP) is 3.82. The van der Waals surface area contributed by atoms with Crippen LogP contribution in [0.15, 0.2) is 36.4 Å². The highest BCUT2D eigenvalue weighted by Gasteiger charge is 2.08. The van der Waals surface area contributed by atoms with E-state index in [9.17, 15) is 4.79 Å². The molecule has 0 aromatic heterocycles. The van der Waals surface area contributed by atoms with Crippen molar-refractivity contribution in [3.8, 4) is 0 Å². The Morgan fingerprint density at radius 3 is 2.43 bits per heavy atom. The normalized spacial score (nSPS) is 10.4. The fourth-order valence-corrected chi connectivity index (χ4v) is 2.43. The quantitative estimate of drug-likeness (QED) is 0.577. The van der Waals surface area contributed by atoms with Crippen molar-refractivity contribution in [1.82, 2.24) is 0 Å². The van der Waals surface area contributed by atoms with E-state index in [1.54, 1.807) is 6.07 Å². The van der Waals surface area contributed by atoms with Crippen LogP contribution in [0.5, 0.6) is 0 Å². The van der Waals surface area contributed by atoms with Gasteiger partial charge in [0.25, 0.3) is 5.24 Å². The van der Waals surface area contributed by atoms with Crippen molar-refractivity contribution in [3.63, 3.8) is 0 Å². The van der Waals surface area contributed by atoms with Crippen LogP contribution in [-0.4, -0.2) is 5.24 Å². The molecule has 2 aromatic carbocycles. The van der Waals surface area contributed by atoms with Crippen molar-refractivity contribution in [3.05, 3.63) is 45.5 Å². The van der Waals surface area contributed by atoms with Crippen molar-refractivity contribution < 1.29 is 4.79 Å². The van der Waals surface area contributed by atoms with Crippen LogP contribution in [0.25, 0.3) is 10.8 Å². The summed E-state index contributed by atoms with van der Waals surface area (Å²) in [6, 6.07) is 11.5. The van der Waals surface area contributed by atoms with E-state index in [-0.39, 0.29) is 0 Å². The Labute approximate surface area is 100 Å². The van der Waals surface area contributed by atoms with Crippen LogP contribution in [0.1, 0.15) is 10.4 Å². The highest BCUT2D eigenvalue weighted by molar-refractivity contribution is 14.1. The molecule has 0 unspecified atom stereocenters. The zero-order valence-corrected chi connectivity index (χ0v) is 10.0. The van der Waals surface area contributed by atoms with Crippen molar-refractivity contribution in [1.29, 1.82) is 0 Å². The fourth-order valence-electron chi connectivity index (χ4n) is 1.46. The standard InChI is InChI=1S/C11H6ClIO/c12-11(14)8-5-1-3-7-4-2-6-9(13)10(7)8/h1-6H. The number of halogens is 2. The fraction of sp³-hybridized carbons (Fsp3) is 0. The summed E-state index contributed by atoms with van der Waals surface area (Å²) in [5.41, 5.74) is 0.578.